The van der Waals surface area contributed by atoms with Gasteiger partial charge in [0, 0.05) is 18.9 Å². The van der Waals surface area contributed by atoms with Crippen LogP contribution in [0.3, 0.4) is 0 Å². The molecule has 0 aromatic carbocycles. The fourth-order valence-electron chi connectivity index (χ4n) is 1.66. The number of carbonyl (C=O) groups excluding carboxylic acids is 1. The summed E-state index contributed by atoms with van der Waals surface area (Å²) < 4.78 is 167. The smallest absolute Gasteiger partial charge is 0.356 e. The average Bonchev–Trinajstić information content (AvgIpc) is 2.51. The molecule has 0 aliphatic heterocycles. The van der Waals surface area contributed by atoms with Crippen LogP contribution >= 0.6 is 0 Å². The van der Waals surface area contributed by atoms with E-state index in [0.717, 1.165) is 0 Å². The zero-order chi connectivity index (χ0) is 23.0. The summed E-state index contributed by atoms with van der Waals surface area (Å²) in [6.07, 6.45) is -9.73. The summed E-state index contributed by atoms with van der Waals surface area (Å²) in [5.41, 5.74) is 0. The number of carbonyl (C=O) groups is 1. The second-order valence-electron chi connectivity index (χ2n) is 5.85. The molecule has 0 radical (unpaired) electrons. The molecule has 0 fully saturated rings. The topological polar surface area (TPSA) is 29.1 Å². The molecule has 0 aromatic rings. The Morgan fingerprint density at radius 2 is 1.14 bits per heavy atom. The van der Waals surface area contributed by atoms with E-state index in [0.29, 0.717) is 0 Å². The monoisotopic (exact) mass is 447 g/mol. The first kappa shape index (κ1) is 26.6. The fourth-order valence-corrected chi connectivity index (χ4v) is 1.66. The molecule has 0 bridgehead atoms. The molecule has 0 rings (SSSR count). The zero-order valence-electron chi connectivity index (χ0n) is 14.0. The van der Waals surface area contributed by atoms with Gasteiger partial charge in [0.2, 0.25) is 5.91 Å². The van der Waals surface area contributed by atoms with Crippen molar-refractivity contribution >= 4 is 5.91 Å². The third-order valence-electron chi connectivity index (χ3n) is 3.80. The largest absolute Gasteiger partial charge is 0.460 e. The van der Waals surface area contributed by atoms with E-state index in [9.17, 15) is 61.9 Å². The minimum absolute atomic E-state index is 0.148. The maximum absolute atomic E-state index is 13.4. The second-order valence-corrected chi connectivity index (χ2v) is 5.85. The lowest BCUT2D eigenvalue weighted by atomic mass is 9.92. The Hall–Kier alpha value is -1.44. The average molecular weight is 447 g/mol. The molecule has 28 heavy (non-hydrogen) atoms. The van der Waals surface area contributed by atoms with E-state index in [1.165, 1.54) is 13.8 Å². The molecule has 1 N–H and O–H groups in total. The summed E-state index contributed by atoms with van der Waals surface area (Å²) in [5.74, 6) is -38.8. The number of rotatable bonds is 9. The molecule has 0 aliphatic rings. The van der Waals surface area contributed by atoms with Crippen molar-refractivity contribution in [3.63, 3.8) is 0 Å². The van der Waals surface area contributed by atoms with Crippen LogP contribution < -0.4 is 5.32 Å². The van der Waals surface area contributed by atoms with Crippen molar-refractivity contribution < 1.29 is 61.9 Å². The van der Waals surface area contributed by atoms with Gasteiger partial charge in [0.15, 0.2) is 0 Å². The molecule has 0 heterocycles. The van der Waals surface area contributed by atoms with Crippen LogP contribution in [0, 0.1) is 5.92 Å². The van der Waals surface area contributed by atoms with Gasteiger partial charge < -0.3 is 5.32 Å². The molecule has 2 nitrogen and oxygen atoms in total. The van der Waals surface area contributed by atoms with Crippen molar-refractivity contribution in [3.05, 3.63) is 0 Å². The van der Waals surface area contributed by atoms with E-state index in [1.807, 2.05) is 0 Å². The quantitative estimate of drug-likeness (QED) is 0.479. The minimum atomic E-state index is -7.91. The number of alkyl halides is 13. The molecule has 0 saturated carbocycles. The van der Waals surface area contributed by atoms with Crippen molar-refractivity contribution in [2.45, 2.75) is 62.5 Å². The van der Waals surface area contributed by atoms with Crippen LogP contribution in [0.15, 0.2) is 0 Å². The number of hydrogen-bond donors (Lipinski definition) is 1. The highest BCUT2D eigenvalue weighted by Crippen LogP contribution is 2.60. The molecule has 0 aromatic heterocycles. The van der Waals surface area contributed by atoms with Gasteiger partial charge in [0.05, 0.1) is 0 Å². The summed E-state index contributed by atoms with van der Waals surface area (Å²) in [5, 5.41) is 1.59. The van der Waals surface area contributed by atoms with E-state index in [1.54, 1.807) is 5.32 Å². The van der Waals surface area contributed by atoms with E-state index >= 15 is 0 Å². The Morgan fingerprint density at radius 1 is 0.750 bits per heavy atom. The summed E-state index contributed by atoms with van der Waals surface area (Å²) in [4.78, 5) is 11.3. The van der Waals surface area contributed by atoms with Gasteiger partial charge in [0.25, 0.3) is 0 Å². The maximum atomic E-state index is 13.4. The molecular formula is C13H14F13NO. The van der Waals surface area contributed by atoms with E-state index in [-0.39, 0.29) is 6.42 Å². The molecular weight excluding hydrogens is 433 g/mol. The predicted octanol–water partition coefficient (Wildman–Crippen LogP) is 5.28. The zero-order valence-corrected chi connectivity index (χ0v) is 14.0. The van der Waals surface area contributed by atoms with E-state index in [2.05, 4.69) is 0 Å². The van der Waals surface area contributed by atoms with Gasteiger partial charge >= 0.3 is 35.8 Å². The summed E-state index contributed by atoms with van der Waals surface area (Å²) in [7, 11) is 0. The Balaban J connectivity index is 5.71. The molecule has 1 atom stereocenters. The van der Waals surface area contributed by atoms with Crippen molar-refractivity contribution in [2.75, 3.05) is 6.54 Å². The van der Waals surface area contributed by atoms with Crippen molar-refractivity contribution in [1.82, 2.24) is 5.32 Å². The van der Waals surface area contributed by atoms with Crippen LogP contribution in [-0.2, 0) is 4.79 Å². The molecule has 1 amide bonds. The van der Waals surface area contributed by atoms with Crippen molar-refractivity contribution in [1.29, 1.82) is 0 Å². The van der Waals surface area contributed by atoms with Gasteiger partial charge in [-0.2, -0.15) is 57.1 Å². The number of amides is 1. The highest BCUT2D eigenvalue weighted by molar-refractivity contribution is 5.78. The van der Waals surface area contributed by atoms with Gasteiger partial charge in [0.1, 0.15) is 0 Å². The normalized spacial score (nSPS) is 16.1. The van der Waals surface area contributed by atoms with Crippen LogP contribution in [0.4, 0.5) is 57.1 Å². The standard InChI is InChI=1S/C13H14F13NO/c1-3-6(2)7(28)27-5-4-8(14,15)9(16,17)10(18,19)11(20,21)12(22,23)13(24,25)26/h6H,3-5H2,1-2H3,(H,27,28). The molecule has 1 unspecified atom stereocenters. The first-order chi connectivity index (χ1) is 12.1. The number of halogens is 13. The van der Waals surface area contributed by atoms with Gasteiger partial charge in [-0.25, -0.2) is 0 Å². The Kier molecular flexibility index (Phi) is 7.37. The fraction of sp³-hybridized carbons (Fsp3) is 0.923. The molecule has 0 saturated heterocycles. The summed E-state index contributed by atoms with van der Waals surface area (Å²) in [6, 6.07) is 0. The van der Waals surface area contributed by atoms with Crippen LogP contribution in [-0.4, -0.2) is 48.2 Å². The predicted molar refractivity (Wildman–Crippen MR) is 67.9 cm³/mol. The van der Waals surface area contributed by atoms with Crippen LogP contribution in [0.25, 0.3) is 0 Å². The van der Waals surface area contributed by atoms with Gasteiger partial charge in [-0.05, 0) is 6.42 Å². The summed E-state index contributed by atoms with van der Waals surface area (Å²) in [6.45, 7) is 1.25. The highest BCUT2D eigenvalue weighted by Gasteiger charge is 2.90. The lowest BCUT2D eigenvalue weighted by Crippen LogP contribution is -2.70. The lowest BCUT2D eigenvalue weighted by molar-refractivity contribution is -0.440. The third-order valence-corrected chi connectivity index (χ3v) is 3.80. The molecule has 168 valence electrons. The molecule has 15 heteroatoms. The van der Waals surface area contributed by atoms with Gasteiger partial charge in [-0.15, -0.1) is 0 Å². The summed E-state index contributed by atoms with van der Waals surface area (Å²) >= 11 is 0. The number of nitrogens with one attached hydrogen (secondary N) is 1. The first-order valence-corrected chi connectivity index (χ1v) is 7.35. The Bertz CT molecular complexity index is 555. The van der Waals surface area contributed by atoms with Crippen LogP contribution in [0.2, 0.25) is 0 Å². The Labute approximate surface area is 149 Å². The molecule has 0 aliphatic carbocycles. The van der Waals surface area contributed by atoms with E-state index < -0.39 is 60.6 Å². The number of hydrogen-bond acceptors (Lipinski definition) is 1. The maximum Gasteiger partial charge on any atom is 0.460 e. The van der Waals surface area contributed by atoms with Gasteiger partial charge in [-0.3, -0.25) is 4.79 Å². The Morgan fingerprint density at radius 3 is 1.50 bits per heavy atom. The third kappa shape index (κ3) is 4.26. The lowest BCUT2D eigenvalue weighted by Gasteiger charge is -2.39. The van der Waals surface area contributed by atoms with Crippen molar-refractivity contribution in [3.8, 4) is 0 Å². The SMILES string of the molecule is CCC(C)C(=O)NCCC(F)(F)C(F)(F)C(F)(F)C(F)(F)C(F)(F)C(F)(F)F. The second kappa shape index (κ2) is 7.76. The molecule has 0 spiro atoms. The van der Waals surface area contributed by atoms with E-state index in [4.69, 9.17) is 0 Å². The first-order valence-electron chi connectivity index (χ1n) is 7.35. The highest BCUT2D eigenvalue weighted by atomic mass is 19.4. The van der Waals surface area contributed by atoms with Gasteiger partial charge in [-0.1, -0.05) is 13.8 Å². The minimum Gasteiger partial charge on any atom is -0.356 e. The van der Waals surface area contributed by atoms with Crippen molar-refractivity contribution in [2.24, 2.45) is 5.92 Å². The van der Waals surface area contributed by atoms with Crippen LogP contribution in [0.5, 0.6) is 0 Å². The van der Waals surface area contributed by atoms with Crippen LogP contribution in [0.1, 0.15) is 26.7 Å².